The topological polar surface area (TPSA) is 55.8 Å². The number of aliphatic carboxylic acids is 1. The van der Waals surface area contributed by atoms with E-state index in [1.807, 2.05) is 0 Å². The predicted octanol–water partition coefficient (Wildman–Crippen LogP) is 1.000. The van der Waals surface area contributed by atoms with Crippen molar-refractivity contribution in [3.05, 3.63) is 0 Å². The zero-order chi connectivity index (χ0) is 10.4. The molecule has 0 amide bonds. The van der Waals surface area contributed by atoms with Crippen LogP contribution in [0.25, 0.3) is 0 Å². The Bertz CT molecular complexity index is 189. The van der Waals surface area contributed by atoms with Gasteiger partial charge in [-0.25, -0.2) is 4.79 Å². The standard InChI is InChI=1S/C9H16O4S/c1-12-4-5-13-9(8(10)11)3-2-6-14-7-9/h2-7H2,1H3,(H,10,11). The Labute approximate surface area is 88.0 Å². The molecule has 0 saturated carbocycles. The van der Waals surface area contributed by atoms with Gasteiger partial charge in [0.25, 0.3) is 0 Å². The van der Waals surface area contributed by atoms with Crippen molar-refractivity contribution in [2.45, 2.75) is 18.4 Å². The van der Waals surface area contributed by atoms with E-state index in [4.69, 9.17) is 14.6 Å². The Hall–Kier alpha value is -0.260. The minimum atomic E-state index is -0.971. The van der Waals surface area contributed by atoms with Crippen LogP contribution in [-0.2, 0) is 14.3 Å². The van der Waals surface area contributed by atoms with E-state index in [-0.39, 0.29) is 0 Å². The van der Waals surface area contributed by atoms with E-state index in [9.17, 15) is 4.79 Å². The van der Waals surface area contributed by atoms with Gasteiger partial charge in [-0.15, -0.1) is 0 Å². The maximum atomic E-state index is 11.1. The van der Waals surface area contributed by atoms with Crippen LogP contribution in [-0.4, -0.2) is 48.5 Å². The number of rotatable bonds is 5. The fraction of sp³-hybridized carbons (Fsp3) is 0.889. The van der Waals surface area contributed by atoms with E-state index in [0.29, 0.717) is 25.4 Å². The summed E-state index contributed by atoms with van der Waals surface area (Å²) >= 11 is 1.64. The third-order valence-corrected chi connectivity index (χ3v) is 3.51. The van der Waals surface area contributed by atoms with Gasteiger partial charge in [0, 0.05) is 12.9 Å². The molecular weight excluding hydrogens is 204 g/mol. The Morgan fingerprint density at radius 3 is 2.86 bits per heavy atom. The van der Waals surface area contributed by atoms with Crippen LogP contribution in [0.2, 0.25) is 0 Å². The number of ether oxygens (including phenoxy) is 2. The van der Waals surface area contributed by atoms with Gasteiger partial charge in [0.15, 0.2) is 5.60 Å². The largest absolute Gasteiger partial charge is 0.479 e. The summed E-state index contributed by atoms with van der Waals surface area (Å²) in [5, 5.41) is 9.11. The number of carboxylic acids is 1. The zero-order valence-electron chi connectivity index (χ0n) is 8.32. The summed E-state index contributed by atoms with van der Waals surface area (Å²) in [4.78, 5) is 11.1. The summed E-state index contributed by atoms with van der Waals surface area (Å²) in [6.45, 7) is 0.795. The lowest BCUT2D eigenvalue weighted by molar-refractivity contribution is -0.165. The molecule has 1 aliphatic rings. The first-order chi connectivity index (χ1) is 6.71. The first-order valence-corrected chi connectivity index (χ1v) is 5.81. The van der Waals surface area contributed by atoms with Gasteiger partial charge in [-0.2, -0.15) is 11.8 Å². The molecule has 1 fully saturated rings. The zero-order valence-corrected chi connectivity index (χ0v) is 9.14. The van der Waals surface area contributed by atoms with Crippen LogP contribution in [0.3, 0.4) is 0 Å². The fourth-order valence-electron chi connectivity index (χ4n) is 1.43. The smallest absolute Gasteiger partial charge is 0.336 e. The average Bonchev–Trinajstić information content (AvgIpc) is 2.19. The van der Waals surface area contributed by atoms with Gasteiger partial charge < -0.3 is 14.6 Å². The van der Waals surface area contributed by atoms with Gasteiger partial charge in [0.05, 0.1) is 13.2 Å². The third kappa shape index (κ3) is 2.87. The van der Waals surface area contributed by atoms with Crippen LogP contribution in [0.5, 0.6) is 0 Å². The molecule has 1 saturated heterocycles. The molecule has 0 bridgehead atoms. The van der Waals surface area contributed by atoms with Crippen LogP contribution in [0, 0.1) is 0 Å². The maximum Gasteiger partial charge on any atom is 0.336 e. The summed E-state index contributed by atoms with van der Waals surface area (Å²) in [5.74, 6) is 0.732. The lowest BCUT2D eigenvalue weighted by atomic mass is 10.00. The van der Waals surface area contributed by atoms with Gasteiger partial charge in [-0.05, 0) is 18.6 Å². The molecule has 1 rings (SSSR count). The van der Waals surface area contributed by atoms with Gasteiger partial charge in [0.1, 0.15) is 0 Å². The molecule has 82 valence electrons. The number of hydrogen-bond donors (Lipinski definition) is 1. The second-order valence-electron chi connectivity index (χ2n) is 3.30. The van der Waals surface area contributed by atoms with Crippen molar-refractivity contribution in [3.8, 4) is 0 Å². The summed E-state index contributed by atoms with van der Waals surface area (Å²) in [5.41, 5.74) is -0.971. The fourth-order valence-corrected chi connectivity index (χ4v) is 2.61. The summed E-state index contributed by atoms with van der Waals surface area (Å²) in [6.07, 6.45) is 1.52. The molecule has 0 radical (unpaired) electrons. The summed E-state index contributed by atoms with van der Waals surface area (Å²) in [6, 6.07) is 0. The van der Waals surface area contributed by atoms with Crippen molar-refractivity contribution in [1.29, 1.82) is 0 Å². The molecule has 1 heterocycles. The van der Waals surface area contributed by atoms with Crippen LogP contribution in [0.4, 0.5) is 0 Å². The minimum Gasteiger partial charge on any atom is -0.479 e. The number of methoxy groups -OCH3 is 1. The maximum absolute atomic E-state index is 11.1. The van der Waals surface area contributed by atoms with Crippen LogP contribution < -0.4 is 0 Å². The molecule has 14 heavy (non-hydrogen) atoms. The van der Waals surface area contributed by atoms with E-state index < -0.39 is 11.6 Å². The normalized spacial score (nSPS) is 27.5. The van der Waals surface area contributed by atoms with Gasteiger partial charge in [0.2, 0.25) is 0 Å². The predicted molar refractivity (Wildman–Crippen MR) is 54.8 cm³/mol. The Morgan fingerprint density at radius 2 is 2.36 bits per heavy atom. The highest BCUT2D eigenvalue weighted by Crippen LogP contribution is 2.30. The monoisotopic (exact) mass is 220 g/mol. The van der Waals surface area contributed by atoms with Crippen LogP contribution >= 0.6 is 11.8 Å². The van der Waals surface area contributed by atoms with E-state index in [2.05, 4.69) is 0 Å². The lowest BCUT2D eigenvalue weighted by Gasteiger charge is -2.32. The molecule has 0 aromatic rings. The molecule has 1 aliphatic heterocycles. The Morgan fingerprint density at radius 1 is 1.57 bits per heavy atom. The van der Waals surface area contributed by atoms with Crippen LogP contribution in [0.1, 0.15) is 12.8 Å². The highest BCUT2D eigenvalue weighted by atomic mass is 32.2. The number of carboxylic acid groups (broad SMARTS) is 1. The third-order valence-electron chi connectivity index (χ3n) is 2.26. The lowest BCUT2D eigenvalue weighted by Crippen LogP contribution is -2.46. The molecule has 1 atom stereocenters. The molecule has 0 spiro atoms. The summed E-state index contributed by atoms with van der Waals surface area (Å²) < 4.78 is 10.3. The Balaban J connectivity index is 2.47. The molecule has 0 aromatic carbocycles. The highest BCUT2D eigenvalue weighted by molar-refractivity contribution is 7.99. The van der Waals surface area contributed by atoms with Crippen molar-refractivity contribution < 1.29 is 19.4 Å². The van der Waals surface area contributed by atoms with Gasteiger partial charge in [-0.3, -0.25) is 0 Å². The van der Waals surface area contributed by atoms with E-state index in [0.717, 1.165) is 12.2 Å². The number of hydrogen-bond acceptors (Lipinski definition) is 4. The molecule has 5 heteroatoms. The van der Waals surface area contributed by atoms with E-state index in [1.165, 1.54) is 0 Å². The first kappa shape index (κ1) is 11.8. The second-order valence-corrected chi connectivity index (χ2v) is 4.40. The summed E-state index contributed by atoms with van der Waals surface area (Å²) in [7, 11) is 1.58. The SMILES string of the molecule is COCCOC1(C(=O)O)CCCSC1. The van der Waals surface area contributed by atoms with Gasteiger partial charge in [-0.1, -0.05) is 0 Å². The first-order valence-electron chi connectivity index (χ1n) is 4.65. The number of carbonyl (C=O) groups is 1. The Kier molecular flexibility index (Phi) is 4.71. The highest BCUT2D eigenvalue weighted by Gasteiger charge is 2.41. The van der Waals surface area contributed by atoms with Crippen molar-refractivity contribution in [2.75, 3.05) is 31.8 Å². The van der Waals surface area contributed by atoms with Crippen molar-refractivity contribution in [3.63, 3.8) is 0 Å². The number of thioether (sulfide) groups is 1. The van der Waals surface area contributed by atoms with Crippen molar-refractivity contribution >= 4 is 17.7 Å². The molecule has 1 unspecified atom stereocenters. The molecule has 0 aromatic heterocycles. The molecule has 4 nitrogen and oxygen atoms in total. The minimum absolute atomic E-state index is 0.351. The average molecular weight is 220 g/mol. The second kappa shape index (κ2) is 5.58. The van der Waals surface area contributed by atoms with E-state index in [1.54, 1.807) is 18.9 Å². The van der Waals surface area contributed by atoms with Crippen molar-refractivity contribution in [2.24, 2.45) is 0 Å². The molecular formula is C9H16O4S. The van der Waals surface area contributed by atoms with Crippen molar-refractivity contribution in [1.82, 2.24) is 0 Å². The quantitative estimate of drug-likeness (QED) is 0.700. The van der Waals surface area contributed by atoms with Gasteiger partial charge >= 0.3 is 5.97 Å². The van der Waals surface area contributed by atoms with Crippen LogP contribution in [0.15, 0.2) is 0 Å². The molecule has 0 aliphatic carbocycles. The molecule has 1 N–H and O–H groups in total. The van der Waals surface area contributed by atoms with E-state index >= 15 is 0 Å².